The Hall–Kier alpha value is -0.840. The lowest BCUT2D eigenvalue weighted by molar-refractivity contribution is 1.09. The second kappa shape index (κ2) is 3.91. The average Bonchev–Trinajstić information content (AvgIpc) is 2.53. The Morgan fingerprint density at radius 1 is 1.23 bits per heavy atom. The van der Waals surface area contributed by atoms with Gasteiger partial charge < -0.3 is 4.98 Å². The van der Waals surface area contributed by atoms with Crippen molar-refractivity contribution in [2.45, 2.75) is 6.42 Å². The lowest BCUT2D eigenvalue weighted by atomic mass is 10.1. The molecule has 1 N–H and O–H groups in total. The predicted octanol–water partition coefficient (Wildman–Crippen LogP) is 2.61. The van der Waals surface area contributed by atoms with E-state index in [0.717, 1.165) is 15.9 Å². The molecule has 0 aliphatic heterocycles. The molecule has 0 unspecified atom stereocenters. The van der Waals surface area contributed by atoms with Gasteiger partial charge in [-0.1, -0.05) is 30.3 Å². The van der Waals surface area contributed by atoms with Gasteiger partial charge in [-0.2, -0.15) is 0 Å². The fourth-order valence-corrected chi connectivity index (χ4v) is 1.69. The van der Waals surface area contributed by atoms with Gasteiger partial charge in [0.1, 0.15) is 0 Å². The van der Waals surface area contributed by atoms with Crippen LogP contribution in [0.2, 0.25) is 0 Å². The summed E-state index contributed by atoms with van der Waals surface area (Å²) < 4.78 is 0.948. The number of nitrogens with zero attached hydrogens (tertiary/aromatic N) is 1. The molecule has 0 aliphatic rings. The van der Waals surface area contributed by atoms with Gasteiger partial charge in [0.05, 0.1) is 5.69 Å². The molecule has 1 aromatic carbocycles. The lowest BCUT2D eigenvalue weighted by Crippen LogP contribution is -1.87. The van der Waals surface area contributed by atoms with Crippen molar-refractivity contribution in [3.63, 3.8) is 0 Å². The fraction of sp³-hybridized carbons (Fsp3) is 0.100. The van der Waals surface area contributed by atoms with Crippen LogP contribution in [0.25, 0.3) is 0 Å². The van der Waals surface area contributed by atoms with E-state index in [9.17, 15) is 0 Å². The number of aromatic nitrogens is 2. The van der Waals surface area contributed by atoms with Crippen LogP contribution in [-0.4, -0.2) is 9.97 Å². The van der Waals surface area contributed by atoms with E-state index >= 15 is 0 Å². The third-order valence-corrected chi connectivity index (χ3v) is 2.38. The molecule has 3 heteroatoms. The van der Waals surface area contributed by atoms with Gasteiger partial charge in [-0.3, -0.25) is 0 Å². The van der Waals surface area contributed by atoms with Crippen molar-refractivity contribution in [3.05, 3.63) is 51.6 Å². The van der Waals surface area contributed by atoms with Crippen LogP contribution in [0.3, 0.4) is 0 Å². The van der Waals surface area contributed by atoms with Gasteiger partial charge in [0.25, 0.3) is 0 Å². The van der Waals surface area contributed by atoms with Crippen molar-refractivity contribution in [2.24, 2.45) is 0 Å². The van der Waals surface area contributed by atoms with E-state index in [2.05, 4.69) is 44.7 Å². The Bertz CT molecular complexity index is 381. The molecule has 1 aromatic heterocycles. The molecule has 0 saturated carbocycles. The Morgan fingerprint density at radius 2 is 2.00 bits per heavy atom. The summed E-state index contributed by atoms with van der Waals surface area (Å²) in [5.74, 6) is 0. The molecule has 13 heavy (non-hydrogen) atoms. The van der Waals surface area contributed by atoms with Crippen LogP contribution in [0.1, 0.15) is 11.3 Å². The Balaban J connectivity index is 2.15. The third-order valence-electron chi connectivity index (χ3n) is 1.83. The van der Waals surface area contributed by atoms with E-state index in [4.69, 9.17) is 0 Å². The number of hydrogen-bond acceptors (Lipinski definition) is 1. The molecular weight excluding hydrogens is 275 g/mol. The molecule has 0 amide bonds. The van der Waals surface area contributed by atoms with E-state index in [1.807, 2.05) is 24.4 Å². The summed E-state index contributed by atoms with van der Waals surface area (Å²) in [5, 5.41) is 0. The summed E-state index contributed by atoms with van der Waals surface area (Å²) in [6.07, 6.45) is 2.86. The second-order valence-corrected chi connectivity index (χ2v) is 3.87. The maximum absolute atomic E-state index is 4.34. The molecule has 0 saturated heterocycles. The fourth-order valence-electron chi connectivity index (χ4n) is 1.23. The first kappa shape index (κ1) is 8.74. The number of halogens is 1. The molecule has 2 aromatic rings. The third kappa shape index (κ3) is 2.30. The largest absolute Gasteiger partial charge is 0.340 e. The first-order valence-corrected chi connectivity index (χ1v) is 5.16. The van der Waals surface area contributed by atoms with Gasteiger partial charge in [0, 0.05) is 12.6 Å². The van der Waals surface area contributed by atoms with Crippen LogP contribution in [0.4, 0.5) is 0 Å². The van der Waals surface area contributed by atoms with Crippen molar-refractivity contribution in [1.29, 1.82) is 0 Å². The summed E-state index contributed by atoms with van der Waals surface area (Å²) in [6, 6.07) is 10.3. The molecule has 0 fully saturated rings. The van der Waals surface area contributed by atoms with Crippen LogP contribution in [0.15, 0.2) is 36.5 Å². The number of imidazole rings is 1. The minimum atomic E-state index is 0.903. The first-order valence-electron chi connectivity index (χ1n) is 4.08. The second-order valence-electron chi connectivity index (χ2n) is 2.85. The molecular formula is C10H9IN2. The van der Waals surface area contributed by atoms with Crippen LogP contribution in [0, 0.1) is 3.83 Å². The highest BCUT2D eigenvalue weighted by Gasteiger charge is 1.98. The highest BCUT2D eigenvalue weighted by atomic mass is 127. The van der Waals surface area contributed by atoms with E-state index in [0.29, 0.717) is 0 Å². The molecule has 2 nitrogen and oxygen atoms in total. The van der Waals surface area contributed by atoms with Crippen molar-refractivity contribution in [3.8, 4) is 0 Å². The van der Waals surface area contributed by atoms with Crippen molar-refractivity contribution < 1.29 is 0 Å². The van der Waals surface area contributed by atoms with Crippen LogP contribution >= 0.6 is 22.6 Å². The van der Waals surface area contributed by atoms with Gasteiger partial charge in [-0.05, 0) is 28.2 Å². The minimum absolute atomic E-state index is 0.903. The number of H-pyrrole nitrogens is 1. The summed E-state index contributed by atoms with van der Waals surface area (Å²) in [6.45, 7) is 0. The van der Waals surface area contributed by atoms with E-state index < -0.39 is 0 Å². The summed E-state index contributed by atoms with van der Waals surface area (Å²) in [7, 11) is 0. The molecule has 0 atom stereocenters. The summed E-state index contributed by atoms with van der Waals surface area (Å²) >= 11 is 2.18. The Labute approximate surface area is 90.5 Å². The van der Waals surface area contributed by atoms with Crippen LogP contribution in [0.5, 0.6) is 0 Å². The molecule has 1 heterocycles. The van der Waals surface area contributed by atoms with Gasteiger partial charge in [0.15, 0.2) is 3.83 Å². The smallest absolute Gasteiger partial charge is 0.168 e. The first-order chi connectivity index (χ1) is 6.34. The Kier molecular flexibility index (Phi) is 2.63. The normalized spacial score (nSPS) is 10.2. The van der Waals surface area contributed by atoms with Crippen molar-refractivity contribution >= 4 is 22.6 Å². The molecule has 0 spiro atoms. The van der Waals surface area contributed by atoms with Gasteiger partial charge >= 0.3 is 0 Å². The minimum Gasteiger partial charge on any atom is -0.340 e. The standard InChI is InChI=1S/C10H9IN2/c11-10-12-7-9(13-10)6-8-4-2-1-3-5-8/h1-5,7H,6H2,(H,12,13). The highest BCUT2D eigenvalue weighted by molar-refractivity contribution is 14.1. The van der Waals surface area contributed by atoms with Gasteiger partial charge in [-0.15, -0.1) is 0 Å². The number of rotatable bonds is 2. The molecule has 0 radical (unpaired) electrons. The maximum atomic E-state index is 4.34. The monoisotopic (exact) mass is 284 g/mol. The molecule has 0 aliphatic carbocycles. The molecule has 66 valence electrons. The zero-order valence-corrected chi connectivity index (χ0v) is 9.15. The quantitative estimate of drug-likeness (QED) is 0.844. The maximum Gasteiger partial charge on any atom is 0.168 e. The number of hydrogen-bond donors (Lipinski definition) is 1. The van der Waals surface area contributed by atoms with E-state index in [1.165, 1.54) is 5.56 Å². The van der Waals surface area contributed by atoms with Crippen molar-refractivity contribution in [2.75, 3.05) is 0 Å². The average molecular weight is 284 g/mol. The number of nitrogens with one attached hydrogen (secondary N) is 1. The van der Waals surface area contributed by atoms with Crippen LogP contribution < -0.4 is 0 Å². The zero-order chi connectivity index (χ0) is 9.10. The number of benzene rings is 1. The lowest BCUT2D eigenvalue weighted by Gasteiger charge is -1.95. The highest BCUT2D eigenvalue weighted by Crippen LogP contribution is 2.07. The molecule has 2 rings (SSSR count). The van der Waals surface area contributed by atoms with Gasteiger partial charge in [0.2, 0.25) is 0 Å². The number of aromatic amines is 1. The van der Waals surface area contributed by atoms with Crippen molar-refractivity contribution in [1.82, 2.24) is 9.97 Å². The topological polar surface area (TPSA) is 28.7 Å². The predicted molar refractivity (Wildman–Crippen MR) is 60.6 cm³/mol. The SMILES string of the molecule is Ic1nc(Cc2ccccc2)c[nH]1. The van der Waals surface area contributed by atoms with Gasteiger partial charge in [-0.25, -0.2) is 4.98 Å². The zero-order valence-electron chi connectivity index (χ0n) is 7.00. The molecule has 0 bridgehead atoms. The summed E-state index contributed by atoms with van der Waals surface area (Å²) in [5.41, 5.74) is 2.39. The Morgan fingerprint density at radius 3 is 2.62 bits per heavy atom. The van der Waals surface area contributed by atoms with E-state index in [1.54, 1.807) is 0 Å². The summed E-state index contributed by atoms with van der Waals surface area (Å²) in [4.78, 5) is 7.40. The van der Waals surface area contributed by atoms with E-state index in [-0.39, 0.29) is 0 Å². The van der Waals surface area contributed by atoms with Crippen LogP contribution in [-0.2, 0) is 6.42 Å².